The molecule has 0 saturated carbocycles. The number of piperidine rings is 1. The minimum atomic E-state index is -4.74. The zero-order valence-electron chi connectivity index (χ0n) is 21.7. The largest absolute Gasteiger partial charge is 0.480 e. The van der Waals surface area contributed by atoms with Crippen molar-refractivity contribution in [3.8, 4) is 17.0 Å². The van der Waals surface area contributed by atoms with Crippen LogP contribution < -0.4 is 26.2 Å². The number of carboxylic acid groups (broad SMARTS) is 1. The third-order valence-electron chi connectivity index (χ3n) is 7.68. The van der Waals surface area contributed by atoms with Crippen LogP contribution in [-0.2, 0) is 11.8 Å². The number of nitrogens with zero attached hydrogens (tertiary/aromatic N) is 4. The highest BCUT2D eigenvalue weighted by Crippen LogP contribution is 2.41. The number of aryl methyl sites for hydroxylation is 1. The van der Waals surface area contributed by atoms with E-state index in [1.807, 2.05) is 4.90 Å². The molecule has 2 aromatic heterocycles. The average molecular weight is 559 g/mol. The van der Waals surface area contributed by atoms with Gasteiger partial charge in [0, 0.05) is 50.6 Å². The predicted octanol–water partition coefficient (Wildman–Crippen LogP) is 3.14. The molecule has 0 unspecified atom stereocenters. The second-order valence-electron chi connectivity index (χ2n) is 10.4. The molecule has 212 valence electrons. The van der Waals surface area contributed by atoms with Crippen molar-refractivity contribution in [1.82, 2.24) is 19.9 Å². The van der Waals surface area contributed by atoms with Crippen molar-refractivity contribution in [3.05, 3.63) is 64.6 Å². The van der Waals surface area contributed by atoms with Gasteiger partial charge in [0.15, 0.2) is 0 Å². The number of nitrogens with two attached hydrogens (primary N) is 1. The lowest BCUT2D eigenvalue weighted by atomic mass is 9.76. The number of nitrogens with one attached hydrogen (secondary N) is 1. The number of anilines is 2. The van der Waals surface area contributed by atoms with Gasteiger partial charge in [-0.15, -0.1) is 0 Å². The van der Waals surface area contributed by atoms with Crippen LogP contribution in [0.2, 0.25) is 0 Å². The Morgan fingerprint density at radius 2 is 1.82 bits per heavy atom. The molecule has 0 bridgehead atoms. The predicted molar refractivity (Wildman–Crippen MR) is 141 cm³/mol. The first-order valence-corrected chi connectivity index (χ1v) is 12.8. The number of rotatable bonds is 6. The molecule has 2 aliphatic heterocycles. The van der Waals surface area contributed by atoms with E-state index >= 15 is 0 Å². The highest BCUT2D eigenvalue weighted by molar-refractivity contribution is 5.74. The number of benzene rings is 1. The summed E-state index contributed by atoms with van der Waals surface area (Å²) in [7, 11) is 1.60. The topological polar surface area (TPSA) is 136 Å². The monoisotopic (exact) mass is 558 g/mol. The maximum atomic E-state index is 14.1. The van der Waals surface area contributed by atoms with E-state index in [1.54, 1.807) is 19.3 Å². The van der Waals surface area contributed by atoms with Crippen molar-refractivity contribution >= 4 is 17.7 Å². The zero-order valence-corrected chi connectivity index (χ0v) is 21.7. The molecule has 2 aliphatic rings. The van der Waals surface area contributed by atoms with E-state index in [0.717, 1.165) is 0 Å². The highest BCUT2D eigenvalue weighted by atomic mass is 19.4. The van der Waals surface area contributed by atoms with Crippen LogP contribution in [0.4, 0.5) is 24.9 Å². The molecular weight excluding hydrogens is 529 g/mol. The van der Waals surface area contributed by atoms with E-state index in [2.05, 4.69) is 15.3 Å². The van der Waals surface area contributed by atoms with E-state index < -0.39 is 24.3 Å². The van der Waals surface area contributed by atoms with Gasteiger partial charge in [-0.2, -0.15) is 23.1 Å². The molecule has 2 fully saturated rings. The van der Waals surface area contributed by atoms with Crippen LogP contribution in [-0.4, -0.2) is 57.5 Å². The summed E-state index contributed by atoms with van der Waals surface area (Å²) in [5.74, 6) is -1.04. The first-order chi connectivity index (χ1) is 18.9. The minimum absolute atomic E-state index is 0.124. The van der Waals surface area contributed by atoms with Crippen molar-refractivity contribution in [1.29, 1.82) is 0 Å². The van der Waals surface area contributed by atoms with Crippen LogP contribution in [0.25, 0.3) is 11.1 Å². The van der Waals surface area contributed by atoms with Crippen molar-refractivity contribution in [3.63, 3.8) is 0 Å². The van der Waals surface area contributed by atoms with E-state index in [1.165, 1.54) is 41.0 Å². The molecule has 2 atom stereocenters. The second kappa shape index (κ2) is 10.5. The molecule has 0 radical (unpaired) electrons. The summed E-state index contributed by atoms with van der Waals surface area (Å²) in [4.78, 5) is 33.0. The Morgan fingerprint density at radius 1 is 1.15 bits per heavy atom. The third kappa shape index (κ3) is 5.74. The number of nitrogen functional groups attached to an aromatic ring is 1. The number of carboxylic acids is 1. The second-order valence-corrected chi connectivity index (χ2v) is 10.4. The van der Waals surface area contributed by atoms with Gasteiger partial charge in [-0.25, -0.2) is 0 Å². The average Bonchev–Trinajstić information content (AvgIpc) is 3.32. The maximum absolute atomic E-state index is 14.1. The molecule has 13 heteroatoms. The molecule has 10 nitrogen and oxygen atoms in total. The lowest BCUT2D eigenvalue weighted by Gasteiger charge is -2.39. The molecule has 0 amide bonds. The summed E-state index contributed by atoms with van der Waals surface area (Å²) in [5, 5.41) is 12.4. The quantitative estimate of drug-likeness (QED) is 0.417. The summed E-state index contributed by atoms with van der Waals surface area (Å²) in [6.07, 6.45) is -3.49. The minimum Gasteiger partial charge on any atom is -0.480 e. The summed E-state index contributed by atoms with van der Waals surface area (Å²) in [5.41, 5.74) is 6.72. The highest BCUT2D eigenvalue weighted by Gasteiger charge is 2.45. The van der Waals surface area contributed by atoms with Crippen molar-refractivity contribution in [2.75, 3.05) is 30.3 Å². The van der Waals surface area contributed by atoms with E-state index in [4.69, 9.17) is 10.5 Å². The van der Waals surface area contributed by atoms with Gasteiger partial charge in [0.25, 0.3) is 0 Å². The first kappa shape index (κ1) is 27.4. The van der Waals surface area contributed by atoms with Crippen molar-refractivity contribution in [2.24, 2.45) is 12.5 Å². The first-order valence-electron chi connectivity index (χ1n) is 12.8. The Morgan fingerprint density at radius 3 is 2.42 bits per heavy atom. The summed E-state index contributed by atoms with van der Waals surface area (Å²) < 4.78 is 49.2. The Kier molecular flexibility index (Phi) is 7.17. The number of hydrogen-bond donors (Lipinski definition) is 3. The van der Waals surface area contributed by atoms with Gasteiger partial charge in [0.05, 0.1) is 0 Å². The summed E-state index contributed by atoms with van der Waals surface area (Å²) >= 11 is 0. The Labute approximate surface area is 227 Å². The molecule has 4 N–H and O–H groups in total. The molecule has 5 rings (SSSR count). The fraction of sp³-hybridized carbons (Fsp3) is 0.407. The van der Waals surface area contributed by atoms with Crippen LogP contribution in [0.15, 0.2) is 53.5 Å². The molecule has 4 heterocycles. The van der Waals surface area contributed by atoms with Gasteiger partial charge in [0.2, 0.25) is 23.5 Å². The standard InChI is InChI=1S/C27H29F3N6O4/c1-35-14-18(6-7-22(35)37)16-2-4-17(5-3-16)23(27(28,29)30)40-21-12-20(33-25(31)34-21)36-10-8-26(9-11-36)13-19(24(38)39)32-15-26/h2-7,12,14,19,23,32H,8-11,13,15H2,1H3,(H,38,39)(H2,31,33,34)/t19-,23+/m0/s1. The molecule has 40 heavy (non-hydrogen) atoms. The maximum Gasteiger partial charge on any atom is 0.429 e. The van der Waals surface area contributed by atoms with Crippen LogP contribution in [0.5, 0.6) is 5.88 Å². The van der Waals surface area contributed by atoms with Crippen molar-refractivity contribution in [2.45, 2.75) is 37.6 Å². The fourth-order valence-corrected chi connectivity index (χ4v) is 5.39. The summed E-state index contributed by atoms with van der Waals surface area (Å²) in [6.45, 7) is 1.69. The van der Waals surface area contributed by atoms with Gasteiger partial charge < -0.3 is 30.4 Å². The SMILES string of the molecule is Cn1cc(-c2ccc([C@@H](Oc3cc(N4CCC5(CC4)CN[C@H](C(=O)O)C5)nc(N)n3)C(F)(F)F)cc2)ccc1=O. The Hall–Kier alpha value is -4.13. The van der Waals surface area contributed by atoms with Crippen LogP contribution >= 0.6 is 0 Å². The fourth-order valence-electron chi connectivity index (χ4n) is 5.39. The number of aliphatic carboxylic acids is 1. The number of aromatic nitrogens is 3. The molecule has 2 saturated heterocycles. The molecule has 0 aliphatic carbocycles. The van der Waals surface area contributed by atoms with Crippen LogP contribution in [0.1, 0.15) is 30.9 Å². The van der Waals surface area contributed by atoms with E-state index in [-0.39, 0.29) is 28.4 Å². The zero-order chi connectivity index (χ0) is 28.7. The number of ether oxygens (including phenoxy) is 1. The Balaban J connectivity index is 1.33. The third-order valence-corrected chi connectivity index (χ3v) is 7.68. The van der Waals surface area contributed by atoms with Gasteiger partial charge in [-0.1, -0.05) is 24.3 Å². The van der Waals surface area contributed by atoms with Gasteiger partial charge in [0.1, 0.15) is 11.9 Å². The Bertz CT molecular complexity index is 1450. The number of alkyl halides is 3. The van der Waals surface area contributed by atoms with Crippen LogP contribution in [0.3, 0.4) is 0 Å². The lowest BCUT2D eigenvalue weighted by Crippen LogP contribution is -2.41. The van der Waals surface area contributed by atoms with Crippen LogP contribution in [0, 0.1) is 5.41 Å². The number of carbonyl (C=O) groups is 1. The normalized spacial score (nSPS) is 19.5. The molecular formula is C27H29F3N6O4. The van der Waals surface area contributed by atoms with Gasteiger partial charge in [-0.3, -0.25) is 9.59 Å². The van der Waals surface area contributed by atoms with Crippen molar-refractivity contribution < 1.29 is 27.8 Å². The summed E-state index contributed by atoms with van der Waals surface area (Å²) in [6, 6.07) is 9.50. The number of hydrogen-bond acceptors (Lipinski definition) is 8. The molecule has 1 spiro atoms. The van der Waals surface area contributed by atoms with E-state index in [0.29, 0.717) is 55.8 Å². The van der Waals surface area contributed by atoms with E-state index in [9.17, 15) is 27.9 Å². The molecule has 3 aromatic rings. The molecule has 1 aromatic carbocycles. The smallest absolute Gasteiger partial charge is 0.429 e. The van der Waals surface area contributed by atoms with Gasteiger partial charge in [-0.05, 0) is 41.9 Å². The lowest BCUT2D eigenvalue weighted by molar-refractivity contribution is -0.198. The van der Waals surface area contributed by atoms with Gasteiger partial charge >= 0.3 is 12.1 Å². The number of halogens is 3. The number of pyridine rings is 1.